The number of thiol groups is 2. The molecule has 58 valence electrons. The molecule has 1 atom stereocenters. The number of halogens is 1. The normalized spacial score (nSPS) is 13.0. The minimum atomic E-state index is 0. The molecule has 0 saturated heterocycles. The van der Waals surface area contributed by atoms with Gasteiger partial charge in [-0.05, 0) is 26.3 Å². The zero-order valence-corrected chi connectivity index (χ0v) is 8.35. The highest BCUT2D eigenvalue weighted by Gasteiger charge is 2.01. The second kappa shape index (κ2) is 7.06. The van der Waals surface area contributed by atoms with Gasteiger partial charge in [-0.25, -0.2) is 0 Å². The molecule has 1 unspecified atom stereocenters. The minimum Gasteiger partial charge on any atom is -0.298 e. The third-order valence-corrected chi connectivity index (χ3v) is 1.96. The molecule has 0 spiro atoms. The van der Waals surface area contributed by atoms with Crippen molar-refractivity contribution in [1.29, 1.82) is 0 Å². The van der Waals surface area contributed by atoms with Gasteiger partial charge < -0.3 is 0 Å². The standard InChI is InChI=1S/C5H13NS2.ClH/c1-6(2)5(8)3-4-7;/h5,7-8H,3-4H2,1-2H3;1H. The van der Waals surface area contributed by atoms with Crippen LogP contribution in [0, 0.1) is 0 Å². The van der Waals surface area contributed by atoms with Gasteiger partial charge in [0, 0.05) is 0 Å². The molecule has 0 aliphatic heterocycles. The smallest absolute Gasteiger partial charge is 0.0530 e. The van der Waals surface area contributed by atoms with Gasteiger partial charge in [0.25, 0.3) is 0 Å². The van der Waals surface area contributed by atoms with E-state index in [4.69, 9.17) is 0 Å². The van der Waals surface area contributed by atoms with E-state index in [9.17, 15) is 0 Å². The molecule has 0 fully saturated rings. The Balaban J connectivity index is 0. The average molecular weight is 188 g/mol. The summed E-state index contributed by atoms with van der Waals surface area (Å²) in [5.41, 5.74) is 0. The third-order valence-electron chi connectivity index (χ3n) is 0.983. The first-order chi connectivity index (χ1) is 3.68. The fourth-order valence-corrected chi connectivity index (χ4v) is 0.951. The van der Waals surface area contributed by atoms with E-state index in [0.717, 1.165) is 12.2 Å². The van der Waals surface area contributed by atoms with Crippen molar-refractivity contribution in [3.8, 4) is 0 Å². The van der Waals surface area contributed by atoms with E-state index >= 15 is 0 Å². The first-order valence-corrected chi connectivity index (χ1v) is 3.78. The van der Waals surface area contributed by atoms with Crippen molar-refractivity contribution in [1.82, 2.24) is 4.90 Å². The summed E-state index contributed by atoms with van der Waals surface area (Å²) in [5, 5.41) is 0.368. The molecule has 0 aromatic carbocycles. The van der Waals surface area contributed by atoms with Gasteiger partial charge in [-0.2, -0.15) is 25.3 Å². The molecular formula is C5H14ClNS2. The Morgan fingerprint density at radius 1 is 1.44 bits per heavy atom. The van der Waals surface area contributed by atoms with Gasteiger partial charge in [0.15, 0.2) is 0 Å². The van der Waals surface area contributed by atoms with E-state index in [1.165, 1.54) is 0 Å². The molecule has 0 saturated carbocycles. The van der Waals surface area contributed by atoms with Crippen molar-refractivity contribution in [2.45, 2.75) is 11.8 Å². The van der Waals surface area contributed by atoms with Gasteiger partial charge in [-0.1, -0.05) is 0 Å². The number of nitrogens with zero attached hydrogens (tertiary/aromatic N) is 1. The second-order valence-corrected chi connectivity index (χ2v) is 3.00. The Bertz CT molecular complexity index is 60.9. The SMILES string of the molecule is CN(C)C(S)CCS.Cl. The van der Waals surface area contributed by atoms with Crippen LogP contribution in [-0.4, -0.2) is 30.1 Å². The van der Waals surface area contributed by atoms with E-state index in [1.54, 1.807) is 0 Å². The lowest BCUT2D eigenvalue weighted by atomic mass is 10.4. The molecule has 4 heteroatoms. The number of hydrogen-bond acceptors (Lipinski definition) is 3. The number of hydrogen-bond donors (Lipinski definition) is 2. The Morgan fingerprint density at radius 3 is 2.00 bits per heavy atom. The predicted molar refractivity (Wildman–Crippen MR) is 52.2 cm³/mol. The highest BCUT2D eigenvalue weighted by atomic mass is 35.5. The van der Waals surface area contributed by atoms with Gasteiger partial charge in [-0.3, -0.25) is 4.90 Å². The Kier molecular flexibility index (Phi) is 9.89. The van der Waals surface area contributed by atoms with Gasteiger partial charge in [0.05, 0.1) is 5.37 Å². The Hall–Kier alpha value is 0.950. The van der Waals surface area contributed by atoms with Crippen LogP contribution in [0.1, 0.15) is 6.42 Å². The van der Waals surface area contributed by atoms with Crippen LogP contribution >= 0.6 is 37.7 Å². The van der Waals surface area contributed by atoms with E-state index in [2.05, 4.69) is 30.2 Å². The molecule has 0 heterocycles. The van der Waals surface area contributed by atoms with Crippen LogP contribution in [0.4, 0.5) is 0 Å². The van der Waals surface area contributed by atoms with E-state index in [0.29, 0.717) is 5.37 Å². The summed E-state index contributed by atoms with van der Waals surface area (Å²) < 4.78 is 0. The molecule has 0 aliphatic carbocycles. The fourth-order valence-electron chi connectivity index (χ4n) is 0.374. The summed E-state index contributed by atoms with van der Waals surface area (Å²) in [5.74, 6) is 0.909. The van der Waals surface area contributed by atoms with Crippen LogP contribution in [0.2, 0.25) is 0 Å². The molecule has 9 heavy (non-hydrogen) atoms. The molecule has 0 rings (SSSR count). The van der Waals surface area contributed by atoms with Gasteiger partial charge in [0.1, 0.15) is 0 Å². The lowest BCUT2D eigenvalue weighted by molar-refractivity contribution is 0.379. The highest BCUT2D eigenvalue weighted by molar-refractivity contribution is 7.81. The second-order valence-electron chi connectivity index (χ2n) is 1.96. The first-order valence-electron chi connectivity index (χ1n) is 2.64. The highest BCUT2D eigenvalue weighted by Crippen LogP contribution is 2.03. The maximum Gasteiger partial charge on any atom is 0.0530 e. The van der Waals surface area contributed by atoms with Crippen LogP contribution in [0.5, 0.6) is 0 Å². The molecule has 0 aromatic heterocycles. The molecule has 0 amide bonds. The van der Waals surface area contributed by atoms with E-state index < -0.39 is 0 Å². The largest absolute Gasteiger partial charge is 0.298 e. The topological polar surface area (TPSA) is 3.24 Å². The van der Waals surface area contributed by atoms with Crippen LogP contribution in [0.15, 0.2) is 0 Å². The Morgan fingerprint density at radius 2 is 1.89 bits per heavy atom. The minimum absolute atomic E-state index is 0. The van der Waals surface area contributed by atoms with Crippen LogP contribution in [0.25, 0.3) is 0 Å². The van der Waals surface area contributed by atoms with Crippen LogP contribution < -0.4 is 0 Å². The summed E-state index contributed by atoms with van der Waals surface area (Å²) in [6, 6.07) is 0. The van der Waals surface area contributed by atoms with Gasteiger partial charge in [0.2, 0.25) is 0 Å². The van der Waals surface area contributed by atoms with Gasteiger partial charge >= 0.3 is 0 Å². The van der Waals surface area contributed by atoms with Crippen LogP contribution in [-0.2, 0) is 0 Å². The lowest BCUT2D eigenvalue weighted by Crippen LogP contribution is -2.22. The Labute approximate surface area is 74.4 Å². The molecule has 0 N–H and O–H groups in total. The zero-order valence-electron chi connectivity index (χ0n) is 5.74. The third kappa shape index (κ3) is 6.84. The van der Waals surface area contributed by atoms with Crippen molar-refractivity contribution in [2.24, 2.45) is 0 Å². The van der Waals surface area contributed by atoms with E-state index in [1.807, 2.05) is 14.1 Å². The van der Waals surface area contributed by atoms with Crippen molar-refractivity contribution in [3.05, 3.63) is 0 Å². The lowest BCUT2D eigenvalue weighted by Gasteiger charge is -2.16. The van der Waals surface area contributed by atoms with Crippen molar-refractivity contribution >= 4 is 37.7 Å². The van der Waals surface area contributed by atoms with Gasteiger partial charge in [-0.15, -0.1) is 12.4 Å². The van der Waals surface area contributed by atoms with E-state index in [-0.39, 0.29) is 12.4 Å². The molecule has 0 bridgehead atoms. The van der Waals surface area contributed by atoms with Crippen LogP contribution in [0.3, 0.4) is 0 Å². The number of rotatable bonds is 3. The molecule has 0 radical (unpaired) electrons. The molecule has 1 nitrogen and oxygen atoms in total. The predicted octanol–water partition coefficient (Wildman–Crippen LogP) is 1.55. The summed E-state index contributed by atoms with van der Waals surface area (Å²) in [6.45, 7) is 0. The maximum absolute atomic E-state index is 4.28. The molecular weight excluding hydrogens is 174 g/mol. The van der Waals surface area contributed by atoms with Crippen molar-refractivity contribution < 1.29 is 0 Å². The fraction of sp³-hybridized carbons (Fsp3) is 1.00. The first kappa shape index (κ1) is 12.6. The molecule has 0 aliphatic rings. The average Bonchev–Trinajstić information content (AvgIpc) is 1.67. The summed E-state index contributed by atoms with van der Waals surface area (Å²) in [4.78, 5) is 2.07. The monoisotopic (exact) mass is 187 g/mol. The van der Waals surface area contributed by atoms with Crippen molar-refractivity contribution in [2.75, 3.05) is 19.8 Å². The zero-order chi connectivity index (χ0) is 6.57. The summed E-state index contributed by atoms with van der Waals surface area (Å²) in [7, 11) is 4.03. The summed E-state index contributed by atoms with van der Waals surface area (Å²) in [6.07, 6.45) is 1.04. The molecule has 0 aromatic rings. The quantitative estimate of drug-likeness (QED) is 0.501. The maximum atomic E-state index is 4.28. The summed E-state index contributed by atoms with van der Waals surface area (Å²) >= 11 is 8.36. The van der Waals surface area contributed by atoms with Crippen molar-refractivity contribution in [3.63, 3.8) is 0 Å².